The van der Waals surface area contributed by atoms with Crippen LogP contribution >= 0.6 is 0 Å². The van der Waals surface area contributed by atoms with E-state index < -0.39 is 11.9 Å². The zero-order valence-electron chi connectivity index (χ0n) is 12.8. The van der Waals surface area contributed by atoms with Crippen molar-refractivity contribution in [3.8, 4) is 0 Å². The number of hydrogen-bond donors (Lipinski definition) is 2. The number of nitrogens with zero attached hydrogens (tertiary/aromatic N) is 1. The minimum atomic E-state index is -0.828. The van der Waals surface area contributed by atoms with Crippen molar-refractivity contribution in [3.63, 3.8) is 0 Å². The predicted octanol–water partition coefficient (Wildman–Crippen LogP) is 1.41. The van der Waals surface area contributed by atoms with Gasteiger partial charge in [0.1, 0.15) is 0 Å². The largest absolute Gasteiger partial charge is 0.481 e. The molecule has 2 N–H and O–H groups in total. The quantitative estimate of drug-likeness (QED) is 0.801. The summed E-state index contributed by atoms with van der Waals surface area (Å²) < 4.78 is 5.30. The van der Waals surface area contributed by atoms with Crippen LogP contribution < -0.4 is 5.32 Å². The van der Waals surface area contributed by atoms with E-state index in [-0.39, 0.29) is 24.6 Å². The summed E-state index contributed by atoms with van der Waals surface area (Å²) in [5, 5.41) is 11.9. The van der Waals surface area contributed by atoms with Gasteiger partial charge in [-0.3, -0.25) is 4.79 Å². The number of urea groups is 1. The first-order valence-corrected chi connectivity index (χ1v) is 7.13. The Morgan fingerprint density at radius 2 is 2.05 bits per heavy atom. The van der Waals surface area contributed by atoms with Crippen LogP contribution in [0, 0.1) is 17.8 Å². The molecule has 6 heteroatoms. The number of rotatable bonds is 5. The summed E-state index contributed by atoms with van der Waals surface area (Å²) in [6.07, 6.45) is 0.600. The lowest BCUT2D eigenvalue weighted by Crippen LogP contribution is -2.51. The molecule has 1 rings (SSSR count). The van der Waals surface area contributed by atoms with Crippen molar-refractivity contribution < 1.29 is 19.4 Å². The van der Waals surface area contributed by atoms with Gasteiger partial charge in [-0.25, -0.2) is 4.79 Å². The van der Waals surface area contributed by atoms with E-state index in [1.165, 1.54) is 0 Å². The fourth-order valence-corrected chi connectivity index (χ4v) is 2.59. The van der Waals surface area contributed by atoms with Gasteiger partial charge in [0, 0.05) is 26.7 Å². The van der Waals surface area contributed by atoms with E-state index in [9.17, 15) is 9.59 Å². The average Bonchev–Trinajstić information content (AvgIpc) is 2.37. The number of methoxy groups -OCH3 is 1. The van der Waals surface area contributed by atoms with Crippen molar-refractivity contribution in [2.75, 3.05) is 26.7 Å². The molecule has 0 saturated carbocycles. The van der Waals surface area contributed by atoms with Crippen LogP contribution in [0.2, 0.25) is 0 Å². The number of likely N-dealkylation sites (tertiary alicyclic amines) is 1. The average molecular weight is 286 g/mol. The van der Waals surface area contributed by atoms with Crippen molar-refractivity contribution in [2.24, 2.45) is 17.8 Å². The zero-order valence-corrected chi connectivity index (χ0v) is 12.8. The first kappa shape index (κ1) is 16.8. The van der Waals surface area contributed by atoms with E-state index >= 15 is 0 Å². The fourth-order valence-electron chi connectivity index (χ4n) is 2.59. The molecule has 3 atom stereocenters. The second kappa shape index (κ2) is 7.47. The minimum absolute atomic E-state index is 0.0311. The zero-order chi connectivity index (χ0) is 15.3. The maximum atomic E-state index is 12.1. The highest BCUT2D eigenvalue weighted by atomic mass is 16.5. The first-order chi connectivity index (χ1) is 9.35. The van der Waals surface area contributed by atoms with E-state index in [1.807, 2.05) is 20.8 Å². The van der Waals surface area contributed by atoms with E-state index in [1.54, 1.807) is 12.0 Å². The highest BCUT2D eigenvalue weighted by Crippen LogP contribution is 2.21. The minimum Gasteiger partial charge on any atom is -0.481 e. The molecule has 0 aromatic rings. The second-order valence-corrected chi connectivity index (χ2v) is 5.99. The number of aliphatic carboxylic acids is 1. The van der Waals surface area contributed by atoms with E-state index in [4.69, 9.17) is 9.84 Å². The summed E-state index contributed by atoms with van der Waals surface area (Å²) >= 11 is 0. The molecule has 0 spiro atoms. The van der Waals surface area contributed by atoms with Crippen molar-refractivity contribution in [1.29, 1.82) is 0 Å². The molecular formula is C14H26N2O4. The van der Waals surface area contributed by atoms with Gasteiger partial charge in [0.15, 0.2) is 0 Å². The van der Waals surface area contributed by atoms with Gasteiger partial charge in [-0.2, -0.15) is 0 Å². The maximum absolute atomic E-state index is 12.1. The van der Waals surface area contributed by atoms with Gasteiger partial charge in [0.2, 0.25) is 0 Å². The van der Waals surface area contributed by atoms with E-state index in [0.29, 0.717) is 25.4 Å². The highest BCUT2D eigenvalue weighted by molar-refractivity contribution is 5.76. The van der Waals surface area contributed by atoms with Crippen LogP contribution in [0.15, 0.2) is 0 Å². The predicted molar refractivity (Wildman–Crippen MR) is 75.5 cm³/mol. The van der Waals surface area contributed by atoms with Crippen molar-refractivity contribution in [1.82, 2.24) is 10.2 Å². The number of ether oxygens (including phenoxy) is 1. The SMILES string of the molecule is COC(CNC(=O)N1CC(C)CC(C(=O)O)C1)C(C)C. The Bertz CT molecular complexity index is 346. The summed E-state index contributed by atoms with van der Waals surface area (Å²) in [6.45, 7) is 7.37. The number of amides is 2. The molecular weight excluding hydrogens is 260 g/mol. The molecule has 0 aromatic heterocycles. The van der Waals surface area contributed by atoms with Gasteiger partial charge in [0.25, 0.3) is 0 Å². The molecule has 1 aliphatic heterocycles. The van der Waals surface area contributed by atoms with Crippen LogP contribution in [0.1, 0.15) is 27.2 Å². The number of carbonyl (C=O) groups excluding carboxylic acids is 1. The number of nitrogens with one attached hydrogen (secondary N) is 1. The van der Waals surface area contributed by atoms with Crippen LogP contribution in [0.3, 0.4) is 0 Å². The Morgan fingerprint density at radius 3 is 2.55 bits per heavy atom. The van der Waals surface area contributed by atoms with E-state index in [0.717, 1.165) is 0 Å². The number of hydrogen-bond acceptors (Lipinski definition) is 3. The van der Waals surface area contributed by atoms with Crippen molar-refractivity contribution in [2.45, 2.75) is 33.3 Å². The molecule has 0 aromatic carbocycles. The van der Waals surface area contributed by atoms with Crippen LogP contribution in [0.25, 0.3) is 0 Å². The lowest BCUT2D eigenvalue weighted by molar-refractivity contribution is -0.143. The van der Waals surface area contributed by atoms with Gasteiger partial charge < -0.3 is 20.1 Å². The molecule has 2 amide bonds. The summed E-state index contributed by atoms with van der Waals surface area (Å²) in [5.74, 6) is -0.773. The van der Waals surface area contributed by atoms with Crippen LogP contribution in [-0.2, 0) is 9.53 Å². The topological polar surface area (TPSA) is 78.9 Å². The first-order valence-electron chi connectivity index (χ1n) is 7.13. The fraction of sp³-hybridized carbons (Fsp3) is 0.857. The number of piperidine rings is 1. The van der Waals surface area contributed by atoms with Crippen LogP contribution in [0.4, 0.5) is 4.79 Å². The van der Waals surface area contributed by atoms with Crippen molar-refractivity contribution in [3.05, 3.63) is 0 Å². The molecule has 1 heterocycles. The third-order valence-electron chi connectivity index (χ3n) is 3.80. The van der Waals surface area contributed by atoms with Gasteiger partial charge >= 0.3 is 12.0 Å². The highest BCUT2D eigenvalue weighted by Gasteiger charge is 2.32. The number of carbonyl (C=O) groups is 2. The van der Waals surface area contributed by atoms with Gasteiger partial charge in [-0.05, 0) is 18.3 Å². The molecule has 20 heavy (non-hydrogen) atoms. The Kier molecular flexibility index (Phi) is 6.26. The second-order valence-electron chi connectivity index (χ2n) is 5.99. The van der Waals surface area contributed by atoms with E-state index in [2.05, 4.69) is 5.32 Å². The summed E-state index contributed by atoms with van der Waals surface area (Å²) in [5.41, 5.74) is 0. The molecule has 0 bridgehead atoms. The standard InChI is InChI=1S/C14H26N2O4/c1-9(2)12(20-4)6-15-14(19)16-7-10(3)5-11(8-16)13(17)18/h9-12H,5-8H2,1-4H3,(H,15,19)(H,17,18). The molecule has 0 radical (unpaired) electrons. The Hall–Kier alpha value is -1.30. The molecule has 1 fully saturated rings. The normalized spacial score (nSPS) is 24.6. The third kappa shape index (κ3) is 4.67. The lowest BCUT2D eigenvalue weighted by Gasteiger charge is -2.35. The molecule has 1 saturated heterocycles. The summed E-state index contributed by atoms with van der Waals surface area (Å²) in [4.78, 5) is 24.8. The molecule has 116 valence electrons. The molecule has 3 unspecified atom stereocenters. The summed E-state index contributed by atoms with van der Waals surface area (Å²) in [6, 6.07) is -0.203. The number of carboxylic acids is 1. The molecule has 0 aliphatic carbocycles. The van der Waals surface area contributed by atoms with Gasteiger partial charge in [0.05, 0.1) is 12.0 Å². The van der Waals surface area contributed by atoms with Gasteiger partial charge in [-0.15, -0.1) is 0 Å². The lowest BCUT2D eigenvalue weighted by atomic mass is 9.91. The smallest absolute Gasteiger partial charge is 0.317 e. The van der Waals surface area contributed by atoms with Gasteiger partial charge in [-0.1, -0.05) is 20.8 Å². The Balaban J connectivity index is 2.51. The Labute approximate surface area is 120 Å². The van der Waals surface area contributed by atoms with Crippen LogP contribution in [0.5, 0.6) is 0 Å². The molecule has 6 nitrogen and oxygen atoms in total. The monoisotopic (exact) mass is 286 g/mol. The molecule has 1 aliphatic rings. The van der Waals surface area contributed by atoms with Crippen LogP contribution in [-0.4, -0.2) is 54.9 Å². The third-order valence-corrected chi connectivity index (χ3v) is 3.80. The Morgan fingerprint density at radius 1 is 1.40 bits per heavy atom. The summed E-state index contributed by atoms with van der Waals surface area (Å²) in [7, 11) is 1.63. The number of carboxylic acid groups (broad SMARTS) is 1. The van der Waals surface area contributed by atoms with Crippen molar-refractivity contribution >= 4 is 12.0 Å². The maximum Gasteiger partial charge on any atom is 0.317 e.